The molecule has 0 fully saturated rings. The van der Waals surface area contributed by atoms with E-state index in [0.29, 0.717) is 12.1 Å². The van der Waals surface area contributed by atoms with Gasteiger partial charge >= 0.3 is 5.97 Å². The number of carbonyl (C=O) groups excluding carboxylic acids is 2. The van der Waals surface area contributed by atoms with Crippen LogP contribution in [0.15, 0.2) is 40.7 Å². The standard InChI is InChI=1S/C19H18F3NO3/c1-9(21)15-10(4-3-5-11(15)22)16-17-12(6-7-14(17)24)23-13(8-20)18(16)19(25)26-2/h3-5,9,16,23H,6-8H2,1-2H3/t9-,16-/m0/s1. The first-order valence-corrected chi connectivity index (χ1v) is 8.23. The van der Waals surface area contributed by atoms with Gasteiger partial charge in [-0.1, -0.05) is 12.1 Å². The van der Waals surface area contributed by atoms with Crippen LogP contribution in [0, 0.1) is 5.82 Å². The highest BCUT2D eigenvalue weighted by atomic mass is 19.1. The van der Waals surface area contributed by atoms with E-state index in [1.165, 1.54) is 19.1 Å². The average molecular weight is 365 g/mol. The Bertz CT molecular complexity index is 842. The quantitative estimate of drug-likeness (QED) is 0.829. The Hall–Kier alpha value is -2.57. The number of allylic oxidation sites excluding steroid dienone is 3. The summed E-state index contributed by atoms with van der Waals surface area (Å²) in [5.41, 5.74) is 0.451. The van der Waals surface area contributed by atoms with Crippen molar-refractivity contribution in [3.8, 4) is 0 Å². The number of ether oxygens (including phenoxy) is 1. The SMILES string of the molecule is COC(=O)C1=C(CF)NC2=C(C(=O)CC2)[C@@H]1c1cccc(F)c1[C@H](C)F. The highest BCUT2D eigenvalue weighted by Gasteiger charge is 2.42. The van der Waals surface area contributed by atoms with Gasteiger partial charge in [0, 0.05) is 29.2 Å². The Morgan fingerprint density at radius 3 is 2.73 bits per heavy atom. The van der Waals surface area contributed by atoms with E-state index in [2.05, 4.69) is 5.32 Å². The predicted octanol–water partition coefficient (Wildman–Crippen LogP) is 3.56. The molecule has 1 heterocycles. The number of halogens is 3. The molecule has 1 aliphatic heterocycles. The largest absolute Gasteiger partial charge is 0.466 e. The van der Waals surface area contributed by atoms with Crippen LogP contribution >= 0.6 is 0 Å². The number of benzene rings is 1. The van der Waals surface area contributed by atoms with Gasteiger partial charge in [0.2, 0.25) is 0 Å². The van der Waals surface area contributed by atoms with Crippen molar-refractivity contribution in [3.05, 3.63) is 57.7 Å². The molecule has 7 heteroatoms. The van der Waals surface area contributed by atoms with Gasteiger partial charge in [0.1, 0.15) is 18.7 Å². The van der Waals surface area contributed by atoms with E-state index in [9.17, 15) is 22.8 Å². The third-order valence-corrected chi connectivity index (χ3v) is 4.77. The van der Waals surface area contributed by atoms with E-state index in [1.54, 1.807) is 0 Å². The van der Waals surface area contributed by atoms with Crippen molar-refractivity contribution in [2.24, 2.45) is 0 Å². The maximum absolute atomic E-state index is 14.3. The first kappa shape index (κ1) is 18.2. The van der Waals surface area contributed by atoms with Crippen molar-refractivity contribution < 1.29 is 27.5 Å². The maximum atomic E-state index is 14.3. The smallest absolute Gasteiger partial charge is 0.336 e. The number of hydrogen-bond donors (Lipinski definition) is 1. The molecule has 0 saturated heterocycles. The third kappa shape index (κ3) is 2.81. The van der Waals surface area contributed by atoms with Gasteiger partial charge < -0.3 is 10.1 Å². The van der Waals surface area contributed by atoms with Crippen LogP contribution in [0.3, 0.4) is 0 Å². The maximum Gasteiger partial charge on any atom is 0.336 e. The zero-order valence-corrected chi connectivity index (χ0v) is 14.4. The monoisotopic (exact) mass is 365 g/mol. The molecular formula is C19H18F3NO3. The normalized spacial score (nSPS) is 20.8. The van der Waals surface area contributed by atoms with Crippen molar-refractivity contribution in [2.75, 3.05) is 13.8 Å². The molecule has 138 valence electrons. The lowest BCUT2D eigenvalue weighted by atomic mass is 9.78. The van der Waals surface area contributed by atoms with Crippen LogP contribution in [0.5, 0.6) is 0 Å². The summed E-state index contributed by atoms with van der Waals surface area (Å²) in [6, 6.07) is 3.95. The second-order valence-corrected chi connectivity index (χ2v) is 6.25. The van der Waals surface area contributed by atoms with Crippen LogP contribution in [-0.4, -0.2) is 25.5 Å². The zero-order chi connectivity index (χ0) is 19.0. The number of carbonyl (C=O) groups is 2. The van der Waals surface area contributed by atoms with Gasteiger partial charge in [0.25, 0.3) is 0 Å². The van der Waals surface area contributed by atoms with Gasteiger partial charge in [-0.3, -0.25) is 4.79 Å². The molecule has 1 aromatic rings. The summed E-state index contributed by atoms with van der Waals surface area (Å²) in [7, 11) is 1.13. The van der Waals surface area contributed by atoms with Crippen LogP contribution in [0.2, 0.25) is 0 Å². The van der Waals surface area contributed by atoms with E-state index in [-0.39, 0.29) is 40.2 Å². The summed E-state index contributed by atoms with van der Waals surface area (Å²) in [6.07, 6.45) is -1.12. The fourth-order valence-electron chi connectivity index (χ4n) is 3.70. The zero-order valence-electron chi connectivity index (χ0n) is 14.4. The Kier molecular flexibility index (Phi) is 4.89. The summed E-state index contributed by atoms with van der Waals surface area (Å²) in [4.78, 5) is 24.8. The summed E-state index contributed by atoms with van der Waals surface area (Å²) >= 11 is 0. The van der Waals surface area contributed by atoms with Crippen molar-refractivity contribution >= 4 is 11.8 Å². The lowest BCUT2D eigenvalue weighted by molar-refractivity contribution is -0.136. The molecule has 0 spiro atoms. The van der Waals surface area contributed by atoms with Gasteiger partial charge in [-0.2, -0.15) is 0 Å². The molecule has 4 nitrogen and oxygen atoms in total. The minimum Gasteiger partial charge on any atom is -0.466 e. The third-order valence-electron chi connectivity index (χ3n) is 4.77. The van der Waals surface area contributed by atoms with Gasteiger partial charge in [-0.25, -0.2) is 18.0 Å². The van der Waals surface area contributed by atoms with E-state index in [0.717, 1.165) is 13.2 Å². The molecule has 0 saturated carbocycles. The van der Waals surface area contributed by atoms with Crippen LogP contribution < -0.4 is 5.32 Å². The highest BCUT2D eigenvalue weighted by Crippen LogP contribution is 2.46. The van der Waals surface area contributed by atoms with Gasteiger partial charge in [0.15, 0.2) is 5.78 Å². The van der Waals surface area contributed by atoms with Crippen LogP contribution in [0.1, 0.15) is 43.0 Å². The Balaban J connectivity index is 2.31. The summed E-state index contributed by atoms with van der Waals surface area (Å²) < 4.78 is 46.9. The molecule has 0 radical (unpaired) electrons. The van der Waals surface area contributed by atoms with E-state index in [1.807, 2.05) is 0 Å². The molecule has 1 aromatic carbocycles. The summed E-state index contributed by atoms with van der Waals surface area (Å²) in [5.74, 6) is -2.93. The fourth-order valence-corrected chi connectivity index (χ4v) is 3.70. The number of dihydropyridines is 1. The van der Waals surface area contributed by atoms with Gasteiger partial charge in [-0.05, 0) is 25.0 Å². The number of nitrogens with one attached hydrogen (secondary N) is 1. The fraction of sp³-hybridized carbons (Fsp3) is 0.368. The second-order valence-electron chi connectivity index (χ2n) is 6.25. The Labute approximate surface area is 148 Å². The van der Waals surface area contributed by atoms with Crippen LogP contribution in [0.25, 0.3) is 0 Å². The molecule has 1 aliphatic carbocycles. The van der Waals surface area contributed by atoms with Crippen LogP contribution in [0.4, 0.5) is 13.2 Å². The topological polar surface area (TPSA) is 55.4 Å². The molecule has 26 heavy (non-hydrogen) atoms. The van der Waals surface area contributed by atoms with Crippen molar-refractivity contribution in [1.29, 1.82) is 0 Å². The van der Waals surface area contributed by atoms with Crippen molar-refractivity contribution in [3.63, 3.8) is 0 Å². The summed E-state index contributed by atoms with van der Waals surface area (Å²) in [6.45, 7) is 0.175. The molecule has 1 N–H and O–H groups in total. The highest BCUT2D eigenvalue weighted by molar-refractivity contribution is 6.05. The molecule has 2 aliphatic rings. The van der Waals surface area contributed by atoms with E-state index < -0.39 is 30.6 Å². The lowest BCUT2D eigenvalue weighted by Crippen LogP contribution is -2.32. The van der Waals surface area contributed by atoms with E-state index in [4.69, 9.17) is 4.74 Å². The molecule has 0 aromatic heterocycles. The molecule has 0 unspecified atom stereocenters. The number of hydrogen-bond acceptors (Lipinski definition) is 4. The molecular weight excluding hydrogens is 347 g/mol. The molecule has 3 rings (SSSR count). The predicted molar refractivity (Wildman–Crippen MR) is 88.1 cm³/mol. The number of esters is 1. The summed E-state index contributed by atoms with van der Waals surface area (Å²) in [5, 5.41) is 2.80. The first-order valence-electron chi connectivity index (χ1n) is 8.23. The first-order chi connectivity index (χ1) is 12.4. The molecule has 2 atom stereocenters. The van der Waals surface area contributed by atoms with Crippen LogP contribution in [-0.2, 0) is 14.3 Å². The Morgan fingerprint density at radius 2 is 2.12 bits per heavy atom. The number of ketones is 1. The average Bonchev–Trinajstić information content (AvgIpc) is 2.99. The minimum absolute atomic E-state index is 0.0444. The van der Waals surface area contributed by atoms with Gasteiger partial charge in [-0.15, -0.1) is 0 Å². The number of rotatable bonds is 4. The second kappa shape index (κ2) is 6.97. The van der Waals surface area contributed by atoms with Crippen molar-refractivity contribution in [2.45, 2.75) is 31.9 Å². The number of Topliss-reactive ketones (excluding diaryl/α,β-unsaturated/α-hetero) is 1. The number of methoxy groups -OCH3 is 1. The number of alkyl halides is 2. The van der Waals surface area contributed by atoms with Crippen molar-refractivity contribution in [1.82, 2.24) is 5.32 Å². The van der Waals surface area contributed by atoms with Gasteiger partial charge in [0.05, 0.1) is 18.4 Å². The minimum atomic E-state index is -1.67. The van der Waals surface area contributed by atoms with E-state index >= 15 is 0 Å². The molecule has 0 amide bonds. The lowest BCUT2D eigenvalue weighted by Gasteiger charge is -2.30. The molecule has 0 bridgehead atoms. The Morgan fingerprint density at radius 1 is 1.38 bits per heavy atom.